The number of hydrogen-bond acceptors (Lipinski definition) is 4. The number of carbonyl (C=O) groups is 1. The van der Waals surface area contributed by atoms with E-state index >= 15 is 0 Å². The number of rotatable bonds is 4. The molecule has 1 amide bonds. The van der Waals surface area contributed by atoms with Crippen molar-refractivity contribution in [3.8, 4) is 5.40 Å². The van der Waals surface area contributed by atoms with Crippen LogP contribution in [-0.4, -0.2) is 15.3 Å². The van der Waals surface area contributed by atoms with E-state index in [2.05, 4.69) is 10.3 Å². The minimum Gasteiger partial charge on any atom is -0.321 e. The van der Waals surface area contributed by atoms with Gasteiger partial charge in [0.05, 0.1) is 5.69 Å². The lowest BCUT2D eigenvalue weighted by molar-refractivity contribution is 0.102. The minimum absolute atomic E-state index is 0.189. The van der Waals surface area contributed by atoms with Crippen LogP contribution in [0, 0.1) is 17.6 Å². The molecule has 0 bridgehead atoms. The summed E-state index contributed by atoms with van der Waals surface area (Å²) in [5.41, 5.74) is 3.85. The van der Waals surface area contributed by atoms with Crippen molar-refractivity contribution in [3.05, 3.63) is 59.5 Å². The molecule has 3 aromatic rings. The van der Waals surface area contributed by atoms with Crippen molar-refractivity contribution in [2.45, 2.75) is 25.2 Å². The lowest BCUT2D eigenvalue weighted by Gasteiger charge is -2.07. The molecule has 0 saturated carbocycles. The molecule has 2 heterocycles. The summed E-state index contributed by atoms with van der Waals surface area (Å²) < 4.78 is 1.84. The highest BCUT2D eigenvalue weighted by molar-refractivity contribution is 8.03. The summed E-state index contributed by atoms with van der Waals surface area (Å²) in [6.45, 7) is 3.97. The molecule has 24 heavy (non-hydrogen) atoms. The van der Waals surface area contributed by atoms with Crippen LogP contribution in [0.1, 0.15) is 28.7 Å². The fraction of sp³-hybridized carbons (Fsp3) is 0.167. The molecule has 5 nitrogen and oxygen atoms in total. The van der Waals surface area contributed by atoms with Gasteiger partial charge in [0, 0.05) is 16.8 Å². The van der Waals surface area contributed by atoms with Gasteiger partial charge in [0.2, 0.25) is 0 Å². The van der Waals surface area contributed by atoms with E-state index in [0.717, 1.165) is 33.6 Å². The van der Waals surface area contributed by atoms with Crippen LogP contribution < -0.4 is 5.32 Å². The number of hydrogen-bond donors (Lipinski definition) is 1. The number of carbonyl (C=O) groups excluding carboxylic acids is 1. The monoisotopic (exact) mass is 336 g/mol. The zero-order valence-electron chi connectivity index (χ0n) is 13.4. The fourth-order valence-corrected chi connectivity index (χ4v) is 2.91. The van der Waals surface area contributed by atoms with Crippen molar-refractivity contribution in [1.82, 2.24) is 9.38 Å². The van der Waals surface area contributed by atoms with Crippen molar-refractivity contribution in [2.24, 2.45) is 0 Å². The summed E-state index contributed by atoms with van der Waals surface area (Å²) in [6, 6.07) is 11.1. The molecule has 0 spiro atoms. The fourth-order valence-electron chi connectivity index (χ4n) is 2.54. The normalized spacial score (nSPS) is 10.5. The van der Waals surface area contributed by atoms with E-state index in [9.17, 15) is 4.79 Å². The molecule has 0 aliphatic heterocycles. The Morgan fingerprint density at radius 3 is 2.71 bits per heavy atom. The van der Waals surface area contributed by atoms with Crippen LogP contribution in [0.4, 0.5) is 5.69 Å². The summed E-state index contributed by atoms with van der Waals surface area (Å²) in [6.07, 6.45) is 2.60. The number of thiocyanates is 1. The molecule has 3 rings (SSSR count). The molecule has 1 N–H and O–H groups in total. The van der Waals surface area contributed by atoms with Crippen LogP contribution in [0.15, 0.2) is 47.5 Å². The number of imidazole rings is 1. The maximum Gasteiger partial charge on any atom is 0.274 e. The van der Waals surface area contributed by atoms with E-state index < -0.39 is 0 Å². The molecule has 6 heteroatoms. The number of nitrogens with zero attached hydrogens (tertiary/aromatic N) is 3. The first-order valence-electron chi connectivity index (χ1n) is 7.57. The first-order chi connectivity index (χ1) is 11.6. The number of aryl methyl sites for hydroxylation is 2. The third-order valence-corrected chi connectivity index (χ3v) is 4.26. The van der Waals surface area contributed by atoms with Gasteiger partial charge in [-0.15, -0.1) is 0 Å². The van der Waals surface area contributed by atoms with Gasteiger partial charge >= 0.3 is 0 Å². The van der Waals surface area contributed by atoms with Gasteiger partial charge in [-0.2, -0.15) is 5.26 Å². The standard InChI is InChI=1S/C18H16N4OS/c1-3-15-17(22-10-12(2)4-9-16(22)21-15)18(23)20-13-5-7-14(8-6-13)24-11-19/h4-10H,3H2,1-2H3,(H,20,23). The molecule has 120 valence electrons. The SMILES string of the molecule is CCc1nc2ccc(C)cn2c1C(=O)Nc1ccc(SC#N)cc1. The second-order valence-electron chi connectivity index (χ2n) is 5.37. The Balaban J connectivity index is 1.93. The van der Waals surface area contributed by atoms with Gasteiger partial charge in [-0.3, -0.25) is 9.20 Å². The Morgan fingerprint density at radius 2 is 2.04 bits per heavy atom. The molecule has 0 saturated heterocycles. The summed E-state index contributed by atoms with van der Waals surface area (Å²) in [5, 5.41) is 13.6. The van der Waals surface area contributed by atoms with Gasteiger partial charge in [-0.05, 0) is 61.0 Å². The van der Waals surface area contributed by atoms with E-state index in [1.165, 1.54) is 0 Å². The first-order valence-corrected chi connectivity index (χ1v) is 8.39. The van der Waals surface area contributed by atoms with E-state index in [1.807, 2.05) is 54.1 Å². The predicted molar refractivity (Wildman–Crippen MR) is 95.2 cm³/mol. The Bertz CT molecular complexity index is 938. The van der Waals surface area contributed by atoms with Gasteiger partial charge in [-0.1, -0.05) is 13.0 Å². The Hall–Kier alpha value is -2.78. The van der Waals surface area contributed by atoms with Crippen molar-refractivity contribution in [1.29, 1.82) is 5.26 Å². The summed E-state index contributed by atoms with van der Waals surface area (Å²) in [5.74, 6) is -0.189. The third-order valence-electron chi connectivity index (χ3n) is 3.66. The molecular weight excluding hydrogens is 320 g/mol. The van der Waals surface area contributed by atoms with E-state index in [4.69, 9.17) is 5.26 Å². The van der Waals surface area contributed by atoms with Crippen molar-refractivity contribution in [3.63, 3.8) is 0 Å². The van der Waals surface area contributed by atoms with Crippen LogP contribution in [0.2, 0.25) is 0 Å². The second-order valence-corrected chi connectivity index (χ2v) is 6.23. The topological polar surface area (TPSA) is 70.2 Å². The lowest BCUT2D eigenvalue weighted by Crippen LogP contribution is -2.16. The average molecular weight is 336 g/mol. The number of fused-ring (bicyclic) bond motifs is 1. The quantitative estimate of drug-likeness (QED) is 0.577. The van der Waals surface area contributed by atoms with E-state index in [1.54, 1.807) is 12.1 Å². The predicted octanol–water partition coefficient (Wildman–Crippen LogP) is 4.03. The smallest absolute Gasteiger partial charge is 0.274 e. The number of benzene rings is 1. The zero-order valence-corrected chi connectivity index (χ0v) is 14.2. The van der Waals surface area contributed by atoms with Gasteiger partial charge < -0.3 is 5.32 Å². The van der Waals surface area contributed by atoms with Crippen molar-refractivity contribution in [2.75, 3.05) is 5.32 Å². The number of anilines is 1. The molecule has 0 aliphatic carbocycles. The molecule has 0 fully saturated rings. The highest BCUT2D eigenvalue weighted by Gasteiger charge is 2.18. The van der Waals surface area contributed by atoms with Gasteiger partial charge in [0.25, 0.3) is 5.91 Å². The molecule has 0 aliphatic rings. The average Bonchev–Trinajstić information content (AvgIpc) is 2.94. The molecule has 1 aromatic carbocycles. The van der Waals surface area contributed by atoms with Gasteiger partial charge in [0.15, 0.2) is 0 Å². The molecule has 0 unspecified atom stereocenters. The Morgan fingerprint density at radius 1 is 1.29 bits per heavy atom. The number of pyridine rings is 1. The van der Waals surface area contributed by atoms with Crippen LogP contribution in [-0.2, 0) is 6.42 Å². The summed E-state index contributed by atoms with van der Waals surface area (Å²) in [4.78, 5) is 18.1. The Kier molecular flexibility index (Phi) is 4.54. The number of aromatic nitrogens is 2. The van der Waals surface area contributed by atoms with Gasteiger partial charge in [-0.25, -0.2) is 4.98 Å². The highest BCUT2D eigenvalue weighted by Crippen LogP contribution is 2.21. The minimum atomic E-state index is -0.189. The molecule has 0 atom stereocenters. The first kappa shape index (κ1) is 16.1. The zero-order chi connectivity index (χ0) is 17.1. The second kappa shape index (κ2) is 6.77. The highest BCUT2D eigenvalue weighted by atomic mass is 32.2. The van der Waals surface area contributed by atoms with Crippen LogP contribution in [0.25, 0.3) is 5.65 Å². The number of amides is 1. The van der Waals surface area contributed by atoms with Gasteiger partial charge in [0.1, 0.15) is 16.7 Å². The largest absolute Gasteiger partial charge is 0.321 e. The number of nitriles is 1. The van der Waals surface area contributed by atoms with Crippen molar-refractivity contribution < 1.29 is 4.79 Å². The van der Waals surface area contributed by atoms with E-state index in [-0.39, 0.29) is 5.91 Å². The number of nitrogens with one attached hydrogen (secondary N) is 1. The van der Waals surface area contributed by atoms with E-state index in [0.29, 0.717) is 17.8 Å². The van der Waals surface area contributed by atoms with Crippen LogP contribution in [0.3, 0.4) is 0 Å². The third kappa shape index (κ3) is 3.12. The molecular formula is C18H16N4OS. The van der Waals surface area contributed by atoms with Crippen LogP contribution >= 0.6 is 11.8 Å². The maximum absolute atomic E-state index is 12.8. The van der Waals surface area contributed by atoms with Crippen molar-refractivity contribution >= 4 is 29.0 Å². The Labute approximate surface area is 144 Å². The summed E-state index contributed by atoms with van der Waals surface area (Å²) in [7, 11) is 0. The molecule has 2 aromatic heterocycles. The maximum atomic E-state index is 12.8. The van der Waals surface area contributed by atoms with Crippen LogP contribution in [0.5, 0.6) is 0 Å². The lowest BCUT2D eigenvalue weighted by atomic mass is 10.2. The number of thioether (sulfide) groups is 1. The summed E-state index contributed by atoms with van der Waals surface area (Å²) >= 11 is 1.09. The molecule has 0 radical (unpaired) electrons.